The van der Waals surface area contributed by atoms with E-state index < -0.39 is 6.10 Å². The minimum absolute atomic E-state index is 0.0895. The number of nitrogens with one attached hydrogen (secondary N) is 1. The molecule has 0 fully saturated rings. The van der Waals surface area contributed by atoms with Gasteiger partial charge in [-0.3, -0.25) is 4.79 Å². The minimum atomic E-state index is -0.584. The second kappa shape index (κ2) is 7.54. The molecule has 1 atom stereocenters. The Morgan fingerprint density at radius 3 is 3.00 bits per heavy atom. The van der Waals surface area contributed by atoms with Gasteiger partial charge in [-0.15, -0.1) is 11.3 Å². The number of amides is 1. The molecule has 0 radical (unpaired) electrons. The number of carbonyl (C=O) groups excluding carboxylic acids is 1. The molecule has 20 heavy (non-hydrogen) atoms. The highest BCUT2D eigenvalue weighted by molar-refractivity contribution is 7.12. The van der Waals surface area contributed by atoms with Gasteiger partial charge in [0.2, 0.25) is 5.91 Å². The fourth-order valence-electron chi connectivity index (χ4n) is 1.66. The molecule has 2 aromatic heterocycles. The molecule has 1 unspecified atom stereocenters. The zero-order valence-corrected chi connectivity index (χ0v) is 12.8. The summed E-state index contributed by atoms with van der Waals surface area (Å²) in [6.07, 6.45) is -0.584. The Kier molecular flexibility index (Phi) is 5.72. The van der Waals surface area contributed by atoms with Crippen LogP contribution in [0.2, 0.25) is 0 Å². The van der Waals surface area contributed by atoms with Crippen molar-refractivity contribution in [2.75, 3.05) is 13.2 Å². The normalized spacial score (nSPS) is 12.3. The van der Waals surface area contributed by atoms with Crippen LogP contribution in [0.1, 0.15) is 28.3 Å². The Labute approximate surface area is 126 Å². The molecule has 4 nitrogen and oxygen atoms in total. The average Bonchev–Trinajstić information content (AvgIpc) is 3.12. The van der Waals surface area contributed by atoms with Gasteiger partial charge in [0, 0.05) is 16.4 Å². The van der Waals surface area contributed by atoms with Crippen LogP contribution in [0.4, 0.5) is 0 Å². The third-order valence-electron chi connectivity index (χ3n) is 2.71. The Morgan fingerprint density at radius 1 is 1.45 bits per heavy atom. The molecule has 2 N–H and O–H groups in total. The Balaban J connectivity index is 1.88. The Hall–Kier alpha value is -1.21. The summed E-state index contributed by atoms with van der Waals surface area (Å²) in [5.41, 5.74) is 0.906. The molecular formula is C14H17NO3S2. The van der Waals surface area contributed by atoms with E-state index in [1.54, 1.807) is 11.3 Å². The van der Waals surface area contributed by atoms with E-state index >= 15 is 0 Å². The van der Waals surface area contributed by atoms with Gasteiger partial charge in [0.1, 0.15) is 12.7 Å². The van der Waals surface area contributed by atoms with Gasteiger partial charge < -0.3 is 15.2 Å². The Morgan fingerprint density at radius 2 is 2.30 bits per heavy atom. The van der Waals surface area contributed by atoms with Crippen LogP contribution >= 0.6 is 22.7 Å². The lowest BCUT2D eigenvalue weighted by atomic mass is 10.2. The molecule has 0 saturated carbocycles. The van der Waals surface area contributed by atoms with E-state index in [1.807, 2.05) is 35.9 Å². The van der Waals surface area contributed by atoms with E-state index in [0.717, 1.165) is 15.3 Å². The van der Waals surface area contributed by atoms with Crippen molar-refractivity contribution in [3.05, 3.63) is 44.3 Å². The highest BCUT2D eigenvalue weighted by Crippen LogP contribution is 2.29. The maximum atomic E-state index is 11.4. The average molecular weight is 311 g/mol. The predicted octanol–water partition coefficient (Wildman–Crippen LogP) is 2.54. The first kappa shape index (κ1) is 15.2. The van der Waals surface area contributed by atoms with Gasteiger partial charge >= 0.3 is 0 Å². The highest BCUT2D eigenvalue weighted by Gasteiger charge is 2.13. The van der Waals surface area contributed by atoms with Crippen LogP contribution in [-0.2, 0) is 16.1 Å². The van der Waals surface area contributed by atoms with E-state index in [2.05, 4.69) is 5.32 Å². The number of hydrogen-bond acceptors (Lipinski definition) is 5. The van der Waals surface area contributed by atoms with Crippen LogP contribution in [0, 0.1) is 0 Å². The SMILES string of the molecule is CCOCC(=O)NCc1ccc(C(O)c2ccsc2)s1. The first-order chi connectivity index (χ1) is 9.70. The van der Waals surface area contributed by atoms with Crippen molar-refractivity contribution >= 4 is 28.6 Å². The van der Waals surface area contributed by atoms with Gasteiger partial charge in [0.15, 0.2) is 0 Å². The molecule has 0 saturated heterocycles. The van der Waals surface area contributed by atoms with E-state index in [4.69, 9.17) is 4.74 Å². The summed E-state index contributed by atoms with van der Waals surface area (Å²) < 4.78 is 5.03. The Bertz CT molecular complexity index is 536. The minimum Gasteiger partial charge on any atom is -0.383 e. The van der Waals surface area contributed by atoms with Crippen molar-refractivity contribution in [3.63, 3.8) is 0 Å². The molecule has 2 heterocycles. The monoisotopic (exact) mass is 311 g/mol. The first-order valence-electron chi connectivity index (χ1n) is 6.34. The number of rotatable bonds is 7. The second-order valence-electron chi connectivity index (χ2n) is 4.18. The van der Waals surface area contributed by atoms with Crippen molar-refractivity contribution in [3.8, 4) is 0 Å². The van der Waals surface area contributed by atoms with Crippen LogP contribution < -0.4 is 5.32 Å². The van der Waals surface area contributed by atoms with Crippen LogP contribution in [-0.4, -0.2) is 24.2 Å². The van der Waals surface area contributed by atoms with Gasteiger partial charge in [0.05, 0.1) is 6.54 Å². The predicted molar refractivity (Wildman–Crippen MR) is 81.0 cm³/mol. The summed E-state index contributed by atoms with van der Waals surface area (Å²) in [6, 6.07) is 5.74. The second-order valence-corrected chi connectivity index (χ2v) is 6.16. The van der Waals surface area contributed by atoms with Crippen LogP contribution in [0.3, 0.4) is 0 Å². The molecule has 0 aliphatic rings. The van der Waals surface area contributed by atoms with Gasteiger partial charge in [-0.05, 0) is 41.4 Å². The zero-order valence-electron chi connectivity index (χ0n) is 11.2. The molecule has 6 heteroatoms. The maximum Gasteiger partial charge on any atom is 0.246 e. The van der Waals surface area contributed by atoms with Gasteiger partial charge in [0.25, 0.3) is 0 Å². The molecule has 0 aromatic carbocycles. The summed E-state index contributed by atoms with van der Waals surface area (Å²) >= 11 is 3.07. The number of aliphatic hydroxyl groups is 1. The van der Waals surface area contributed by atoms with Crippen molar-refractivity contribution in [2.45, 2.75) is 19.6 Å². The fraction of sp³-hybridized carbons (Fsp3) is 0.357. The molecular weight excluding hydrogens is 294 g/mol. The van der Waals surface area contributed by atoms with Gasteiger partial charge in [-0.2, -0.15) is 11.3 Å². The number of ether oxygens (including phenoxy) is 1. The lowest BCUT2D eigenvalue weighted by Crippen LogP contribution is -2.26. The van der Waals surface area contributed by atoms with E-state index in [1.165, 1.54) is 11.3 Å². The van der Waals surface area contributed by atoms with Crippen LogP contribution in [0.5, 0.6) is 0 Å². The molecule has 0 aliphatic heterocycles. The van der Waals surface area contributed by atoms with Gasteiger partial charge in [-0.1, -0.05) is 0 Å². The summed E-state index contributed by atoms with van der Waals surface area (Å²) in [5.74, 6) is -0.125. The third-order valence-corrected chi connectivity index (χ3v) is 4.55. The van der Waals surface area contributed by atoms with Crippen LogP contribution in [0.25, 0.3) is 0 Å². The largest absolute Gasteiger partial charge is 0.383 e. The number of aliphatic hydroxyl groups excluding tert-OH is 1. The molecule has 0 spiro atoms. The molecule has 2 rings (SSSR count). The molecule has 0 aliphatic carbocycles. The summed E-state index contributed by atoms with van der Waals surface area (Å²) in [5, 5.41) is 16.9. The van der Waals surface area contributed by atoms with E-state index in [-0.39, 0.29) is 12.5 Å². The van der Waals surface area contributed by atoms with Crippen molar-refractivity contribution < 1.29 is 14.6 Å². The first-order valence-corrected chi connectivity index (χ1v) is 8.10. The zero-order chi connectivity index (χ0) is 14.4. The lowest BCUT2D eigenvalue weighted by molar-refractivity contribution is -0.125. The fourth-order valence-corrected chi connectivity index (χ4v) is 3.31. The number of hydrogen-bond donors (Lipinski definition) is 2. The van der Waals surface area contributed by atoms with Crippen molar-refractivity contribution in [1.29, 1.82) is 0 Å². The maximum absolute atomic E-state index is 11.4. The quantitative estimate of drug-likeness (QED) is 0.826. The topological polar surface area (TPSA) is 58.6 Å². The van der Waals surface area contributed by atoms with Crippen molar-refractivity contribution in [1.82, 2.24) is 5.32 Å². The third kappa shape index (κ3) is 4.14. The van der Waals surface area contributed by atoms with E-state index in [0.29, 0.717) is 13.2 Å². The smallest absolute Gasteiger partial charge is 0.246 e. The van der Waals surface area contributed by atoms with Crippen LogP contribution in [0.15, 0.2) is 29.0 Å². The molecule has 108 valence electrons. The summed E-state index contributed by atoms with van der Waals surface area (Å²) in [6.45, 7) is 2.94. The van der Waals surface area contributed by atoms with Crippen molar-refractivity contribution in [2.24, 2.45) is 0 Å². The molecule has 0 bridgehead atoms. The number of carbonyl (C=O) groups is 1. The highest BCUT2D eigenvalue weighted by atomic mass is 32.1. The van der Waals surface area contributed by atoms with E-state index in [9.17, 15) is 9.90 Å². The molecule has 2 aromatic rings. The summed E-state index contributed by atoms with van der Waals surface area (Å²) in [7, 11) is 0. The lowest BCUT2D eigenvalue weighted by Gasteiger charge is -2.05. The standard InChI is InChI=1S/C14H17NO3S2/c1-2-18-8-13(16)15-7-11-3-4-12(20-11)14(17)10-5-6-19-9-10/h3-6,9,14,17H,2,7-8H2,1H3,(H,15,16). The number of thiophene rings is 2. The summed E-state index contributed by atoms with van der Waals surface area (Å²) in [4.78, 5) is 13.3. The molecule has 1 amide bonds. The van der Waals surface area contributed by atoms with Gasteiger partial charge in [-0.25, -0.2) is 0 Å².